The van der Waals surface area contributed by atoms with E-state index in [1.165, 1.54) is 18.2 Å². The molecule has 1 aromatic carbocycles. The second kappa shape index (κ2) is 4.67. The van der Waals surface area contributed by atoms with Crippen molar-refractivity contribution in [2.75, 3.05) is 5.32 Å². The van der Waals surface area contributed by atoms with Crippen molar-refractivity contribution in [1.82, 2.24) is 5.16 Å². The molecule has 2 rings (SSSR count). The van der Waals surface area contributed by atoms with E-state index >= 15 is 0 Å². The monoisotopic (exact) mass is 245 g/mol. The number of carbonyl (C=O) groups excluding carboxylic acids is 1. The van der Waals surface area contributed by atoms with Gasteiger partial charge in [-0.05, 0) is 25.1 Å². The van der Waals surface area contributed by atoms with Crippen molar-refractivity contribution in [1.29, 1.82) is 5.26 Å². The Balaban J connectivity index is 2.20. The van der Waals surface area contributed by atoms with Gasteiger partial charge in [0.05, 0.1) is 23.0 Å². The summed E-state index contributed by atoms with van der Waals surface area (Å²) in [6.45, 7) is 1.67. The number of carbonyl (C=O) groups is 1. The van der Waals surface area contributed by atoms with Gasteiger partial charge >= 0.3 is 0 Å². The number of aryl methyl sites for hydroxylation is 1. The van der Waals surface area contributed by atoms with E-state index in [1.54, 1.807) is 13.0 Å². The van der Waals surface area contributed by atoms with Crippen LogP contribution >= 0.6 is 0 Å². The molecule has 1 amide bonds. The fraction of sp³-hybridized carbons (Fsp3) is 0.0833. The average molecular weight is 245 g/mol. The quantitative estimate of drug-likeness (QED) is 0.879. The van der Waals surface area contributed by atoms with Gasteiger partial charge < -0.3 is 9.84 Å². The van der Waals surface area contributed by atoms with Crippen molar-refractivity contribution >= 4 is 11.6 Å². The van der Waals surface area contributed by atoms with Crippen molar-refractivity contribution in [2.45, 2.75) is 6.92 Å². The minimum Gasteiger partial charge on any atom is -0.351 e. The Bertz CT molecular complexity index is 643. The average Bonchev–Trinajstić information content (AvgIpc) is 2.78. The lowest BCUT2D eigenvalue weighted by atomic mass is 10.2. The van der Waals surface area contributed by atoms with E-state index in [0.717, 1.165) is 6.07 Å². The molecule has 0 aliphatic heterocycles. The zero-order valence-electron chi connectivity index (χ0n) is 9.40. The van der Waals surface area contributed by atoms with Gasteiger partial charge in [0.2, 0.25) is 5.76 Å². The first kappa shape index (κ1) is 11.8. The molecule has 0 fully saturated rings. The molecule has 0 bridgehead atoms. The summed E-state index contributed by atoms with van der Waals surface area (Å²) in [5.41, 5.74) is 0.717. The highest BCUT2D eigenvalue weighted by Gasteiger charge is 2.14. The Kier molecular flexibility index (Phi) is 3.06. The third-order valence-electron chi connectivity index (χ3n) is 2.20. The second-order valence-electron chi connectivity index (χ2n) is 3.59. The van der Waals surface area contributed by atoms with Crippen LogP contribution in [-0.2, 0) is 0 Å². The fourth-order valence-corrected chi connectivity index (χ4v) is 1.34. The SMILES string of the molecule is Cc1cc(C(=O)Nc2ccc(C#N)cc2F)on1. The summed E-state index contributed by atoms with van der Waals surface area (Å²) >= 11 is 0. The number of nitrogens with zero attached hydrogens (tertiary/aromatic N) is 2. The summed E-state index contributed by atoms with van der Waals surface area (Å²) in [4.78, 5) is 11.7. The van der Waals surface area contributed by atoms with E-state index in [9.17, 15) is 9.18 Å². The molecular weight excluding hydrogens is 237 g/mol. The highest BCUT2D eigenvalue weighted by Crippen LogP contribution is 2.16. The minimum atomic E-state index is -0.682. The number of benzene rings is 1. The number of anilines is 1. The van der Waals surface area contributed by atoms with E-state index in [1.807, 2.05) is 0 Å². The Labute approximate surface area is 102 Å². The number of hydrogen-bond acceptors (Lipinski definition) is 4. The molecule has 0 saturated carbocycles. The molecule has 18 heavy (non-hydrogen) atoms. The molecule has 0 spiro atoms. The highest BCUT2D eigenvalue weighted by molar-refractivity contribution is 6.02. The van der Waals surface area contributed by atoms with Gasteiger partial charge in [-0.2, -0.15) is 5.26 Å². The molecule has 5 nitrogen and oxygen atoms in total. The van der Waals surface area contributed by atoms with E-state index in [2.05, 4.69) is 10.5 Å². The van der Waals surface area contributed by atoms with Gasteiger partial charge in [-0.15, -0.1) is 0 Å². The molecule has 1 heterocycles. The highest BCUT2D eigenvalue weighted by atomic mass is 19.1. The number of amides is 1. The van der Waals surface area contributed by atoms with Gasteiger partial charge in [0, 0.05) is 6.07 Å². The van der Waals surface area contributed by atoms with Gasteiger partial charge in [-0.3, -0.25) is 4.79 Å². The Morgan fingerprint density at radius 1 is 1.50 bits per heavy atom. The zero-order valence-corrected chi connectivity index (χ0v) is 9.40. The molecule has 1 aromatic heterocycles. The van der Waals surface area contributed by atoms with E-state index in [0.29, 0.717) is 5.69 Å². The third-order valence-corrected chi connectivity index (χ3v) is 2.20. The molecule has 90 valence electrons. The molecule has 0 atom stereocenters. The summed E-state index contributed by atoms with van der Waals surface area (Å²) in [5, 5.41) is 14.5. The van der Waals surface area contributed by atoms with Crippen LogP contribution in [0.1, 0.15) is 21.8 Å². The van der Waals surface area contributed by atoms with Crippen LogP contribution in [0.2, 0.25) is 0 Å². The number of nitrogens with one attached hydrogen (secondary N) is 1. The minimum absolute atomic E-state index is 0.00346. The fourth-order valence-electron chi connectivity index (χ4n) is 1.34. The maximum atomic E-state index is 13.5. The molecule has 0 aliphatic rings. The Morgan fingerprint density at radius 2 is 2.28 bits per heavy atom. The van der Waals surface area contributed by atoms with Crippen molar-refractivity contribution in [2.24, 2.45) is 0 Å². The molecule has 0 unspecified atom stereocenters. The van der Waals surface area contributed by atoms with E-state index in [4.69, 9.17) is 9.78 Å². The predicted octanol–water partition coefficient (Wildman–Crippen LogP) is 2.25. The van der Waals surface area contributed by atoms with Crippen molar-refractivity contribution < 1.29 is 13.7 Å². The summed E-state index contributed by atoms with van der Waals surface area (Å²) in [6, 6.07) is 7.01. The van der Waals surface area contributed by atoms with Gasteiger partial charge in [-0.1, -0.05) is 5.16 Å². The Hall–Kier alpha value is -2.68. The van der Waals surface area contributed by atoms with Crippen LogP contribution in [0.15, 0.2) is 28.8 Å². The summed E-state index contributed by atoms with van der Waals surface area (Å²) in [7, 11) is 0. The summed E-state index contributed by atoms with van der Waals surface area (Å²) in [5.74, 6) is -1.28. The predicted molar refractivity (Wildman–Crippen MR) is 60.3 cm³/mol. The molecule has 6 heteroatoms. The van der Waals surface area contributed by atoms with Crippen LogP contribution in [0.25, 0.3) is 0 Å². The van der Waals surface area contributed by atoms with Crippen LogP contribution < -0.4 is 5.32 Å². The molecule has 0 radical (unpaired) electrons. The smallest absolute Gasteiger partial charge is 0.294 e. The number of halogens is 1. The van der Waals surface area contributed by atoms with Crippen LogP contribution in [-0.4, -0.2) is 11.1 Å². The number of hydrogen-bond donors (Lipinski definition) is 1. The lowest BCUT2D eigenvalue weighted by molar-refractivity contribution is 0.0987. The van der Waals surface area contributed by atoms with Crippen LogP contribution in [0.5, 0.6) is 0 Å². The van der Waals surface area contributed by atoms with E-state index < -0.39 is 11.7 Å². The van der Waals surface area contributed by atoms with Crippen LogP contribution in [0.4, 0.5) is 10.1 Å². The summed E-state index contributed by atoms with van der Waals surface area (Å²) in [6.07, 6.45) is 0. The van der Waals surface area contributed by atoms with Crippen molar-refractivity contribution in [3.05, 3.63) is 47.1 Å². The third kappa shape index (κ3) is 2.35. The van der Waals surface area contributed by atoms with Gasteiger partial charge in [-0.25, -0.2) is 4.39 Å². The van der Waals surface area contributed by atoms with E-state index in [-0.39, 0.29) is 17.0 Å². The largest absolute Gasteiger partial charge is 0.351 e. The first-order valence-corrected chi connectivity index (χ1v) is 5.04. The van der Waals surface area contributed by atoms with Crippen molar-refractivity contribution in [3.8, 4) is 6.07 Å². The summed E-state index contributed by atoms with van der Waals surface area (Å²) < 4.78 is 18.3. The first-order valence-electron chi connectivity index (χ1n) is 5.04. The number of rotatable bonds is 2. The van der Waals surface area contributed by atoms with Crippen LogP contribution in [0, 0.1) is 24.1 Å². The number of aromatic nitrogens is 1. The molecule has 1 N–H and O–H groups in total. The molecule has 0 saturated heterocycles. The second-order valence-corrected chi connectivity index (χ2v) is 3.59. The molecule has 2 aromatic rings. The zero-order chi connectivity index (χ0) is 13.1. The van der Waals surface area contributed by atoms with Gasteiger partial charge in [0.1, 0.15) is 5.82 Å². The first-order chi connectivity index (χ1) is 8.60. The van der Waals surface area contributed by atoms with Crippen molar-refractivity contribution in [3.63, 3.8) is 0 Å². The number of nitriles is 1. The maximum absolute atomic E-state index is 13.5. The molecule has 0 aliphatic carbocycles. The standard InChI is InChI=1S/C12H8FN3O2/c1-7-4-11(18-16-7)12(17)15-10-3-2-8(6-14)5-9(10)13/h2-5H,1H3,(H,15,17). The lowest BCUT2D eigenvalue weighted by Crippen LogP contribution is -2.12. The van der Waals surface area contributed by atoms with Crippen LogP contribution in [0.3, 0.4) is 0 Å². The lowest BCUT2D eigenvalue weighted by Gasteiger charge is -2.03. The topological polar surface area (TPSA) is 78.9 Å². The van der Waals surface area contributed by atoms with Gasteiger partial charge in [0.25, 0.3) is 5.91 Å². The Morgan fingerprint density at radius 3 is 2.83 bits per heavy atom. The normalized spacial score (nSPS) is 9.83. The van der Waals surface area contributed by atoms with Gasteiger partial charge in [0.15, 0.2) is 0 Å². The maximum Gasteiger partial charge on any atom is 0.294 e. The molecular formula is C12H8FN3O2.